The second-order valence-electron chi connectivity index (χ2n) is 4.19. The molecule has 0 spiro atoms. The second-order valence-corrected chi connectivity index (χ2v) is 5.22. The Morgan fingerprint density at radius 1 is 1.38 bits per heavy atom. The van der Waals surface area contributed by atoms with Crippen LogP contribution >= 0.6 is 11.8 Å². The number of hydrogen-bond donors (Lipinski definition) is 1. The summed E-state index contributed by atoms with van der Waals surface area (Å²) in [7, 11) is 0. The minimum atomic E-state index is 0.227. The molecule has 0 aliphatic rings. The number of aromatic nitrogens is 2. The number of unbranched alkanes of at least 4 members (excludes halogenated alkanes) is 1. The van der Waals surface area contributed by atoms with E-state index in [4.69, 9.17) is 9.63 Å². The largest absolute Gasteiger partial charge is 0.396 e. The fraction of sp³-hybridized carbons (Fsp3) is 0.818. The maximum absolute atomic E-state index is 8.65. The average Bonchev–Trinajstić information content (AvgIpc) is 2.66. The summed E-state index contributed by atoms with van der Waals surface area (Å²) in [6.07, 6.45) is 2.46. The second kappa shape index (κ2) is 7.68. The number of aliphatic hydroxyl groups excluding tert-OH is 1. The van der Waals surface area contributed by atoms with Gasteiger partial charge in [0.15, 0.2) is 5.82 Å². The zero-order valence-electron chi connectivity index (χ0n) is 9.98. The molecular formula is C11H20N2O2S. The van der Waals surface area contributed by atoms with Crippen LogP contribution in [0.15, 0.2) is 4.52 Å². The summed E-state index contributed by atoms with van der Waals surface area (Å²) < 4.78 is 5.11. The van der Waals surface area contributed by atoms with Gasteiger partial charge in [-0.2, -0.15) is 16.7 Å². The SMILES string of the molecule is CC(C)CSCc1noc(CCCCO)n1. The van der Waals surface area contributed by atoms with E-state index in [1.807, 2.05) is 11.8 Å². The molecule has 4 nitrogen and oxygen atoms in total. The Morgan fingerprint density at radius 2 is 2.19 bits per heavy atom. The summed E-state index contributed by atoms with van der Waals surface area (Å²) in [6.45, 7) is 4.62. The van der Waals surface area contributed by atoms with Crippen LogP contribution in [0, 0.1) is 5.92 Å². The Hall–Kier alpha value is -0.550. The van der Waals surface area contributed by atoms with Crippen molar-refractivity contribution in [2.75, 3.05) is 12.4 Å². The van der Waals surface area contributed by atoms with Crippen LogP contribution in [0.25, 0.3) is 0 Å². The Kier molecular flexibility index (Phi) is 6.49. The number of hydrogen-bond acceptors (Lipinski definition) is 5. The third kappa shape index (κ3) is 5.51. The minimum Gasteiger partial charge on any atom is -0.396 e. The van der Waals surface area contributed by atoms with Gasteiger partial charge in [0.25, 0.3) is 0 Å². The van der Waals surface area contributed by atoms with E-state index in [0.717, 1.165) is 36.6 Å². The van der Waals surface area contributed by atoms with Gasteiger partial charge >= 0.3 is 0 Å². The van der Waals surface area contributed by atoms with E-state index in [9.17, 15) is 0 Å². The molecule has 16 heavy (non-hydrogen) atoms. The lowest BCUT2D eigenvalue weighted by Gasteiger charge is -2.00. The first kappa shape index (κ1) is 13.5. The molecule has 0 aliphatic carbocycles. The Labute approximate surface area is 101 Å². The number of nitrogens with zero attached hydrogens (tertiary/aromatic N) is 2. The Balaban J connectivity index is 2.22. The first-order valence-electron chi connectivity index (χ1n) is 5.72. The molecule has 0 aliphatic heterocycles. The van der Waals surface area contributed by atoms with Gasteiger partial charge in [-0.05, 0) is 24.5 Å². The first-order valence-corrected chi connectivity index (χ1v) is 6.88. The third-order valence-corrected chi connectivity index (χ3v) is 3.36. The van der Waals surface area contributed by atoms with Crippen molar-refractivity contribution in [3.05, 3.63) is 11.7 Å². The maximum Gasteiger partial charge on any atom is 0.226 e. The van der Waals surface area contributed by atoms with E-state index < -0.39 is 0 Å². The van der Waals surface area contributed by atoms with E-state index in [-0.39, 0.29) is 6.61 Å². The van der Waals surface area contributed by atoms with Crippen molar-refractivity contribution in [3.63, 3.8) is 0 Å². The van der Waals surface area contributed by atoms with Crippen molar-refractivity contribution in [3.8, 4) is 0 Å². The lowest BCUT2D eigenvalue weighted by molar-refractivity contribution is 0.280. The van der Waals surface area contributed by atoms with Crippen LogP contribution in [-0.2, 0) is 12.2 Å². The standard InChI is InChI=1S/C11H20N2O2S/c1-9(2)7-16-8-10-12-11(15-13-10)5-3-4-6-14/h9,14H,3-8H2,1-2H3. The molecule has 1 rings (SSSR count). The van der Waals surface area contributed by atoms with Gasteiger partial charge < -0.3 is 9.63 Å². The van der Waals surface area contributed by atoms with Gasteiger partial charge in [0.05, 0.1) is 5.75 Å². The van der Waals surface area contributed by atoms with Crippen molar-refractivity contribution in [1.82, 2.24) is 10.1 Å². The summed E-state index contributed by atoms with van der Waals surface area (Å²) in [5, 5.41) is 12.6. The number of aryl methyl sites for hydroxylation is 1. The predicted molar refractivity (Wildman–Crippen MR) is 65.3 cm³/mol. The molecule has 1 heterocycles. The molecular weight excluding hydrogens is 224 g/mol. The van der Waals surface area contributed by atoms with E-state index in [1.54, 1.807) is 0 Å². The van der Waals surface area contributed by atoms with Gasteiger partial charge in [-0.15, -0.1) is 0 Å². The van der Waals surface area contributed by atoms with Crippen molar-refractivity contribution in [2.24, 2.45) is 5.92 Å². The van der Waals surface area contributed by atoms with Crippen LogP contribution in [0.5, 0.6) is 0 Å². The molecule has 0 radical (unpaired) electrons. The van der Waals surface area contributed by atoms with E-state index >= 15 is 0 Å². The van der Waals surface area contributed by atoms with Gasteiger partial charge in [-0.1, -0.05) is 19.0 Å². The number of thioether (sulfide) groups is 1. The highest BCUT2D eigenvalue weighted by atomic mass is 32.2. The van der Waals surface area contributed by atoms with Crippen LogP contribution in [-0.4, -0.2) is 27.6 Å². The molecule has 5 heteroatoms. The fourth-order valence-electron chi connectivity index (χ4n) is 1.22. The molecule has 1 aromatic heterocycles. The molecule has 0 saturated carbocycles. The fourth-order valence-corrected chi connectivity index (χ4v) is 2.11. The molecule has 0 unspecified atom stereocenters. The van der Waals surface area contributed by atoms with Crippen LogP contribution in [0.1, 0.15) is 38.4 Å². The molecule has 92 valence electrons. The van der Waals surface area contributed by atoms with E-state index in [1.165, 1.54) is 0 Å². The highest BCUT2D eigenvalue weighted by Crippen LogP contribution is 2.13. The predicted octanol–water partition coefficient (Wildman–Crippen LogP) is 2.27. The normalized spacial score (nSPS) is 11.2. The molecule has 0 fully saturated rings. The molecule has 0 saturated heterocycles. The van der Waals surface area contributed by atoms with Gasteiger partial charge in [0.1, 0.15) is 0 Å². The quantitative estimate of drug-likeness (QED) is 0.711. The topological polar surface area (TPSA) is 59.2 Å². The maximum atomic E-state index is 8.65. The lowest BCUT2D eigenvalue weighted by Crippen LogP contribution is -1.93. The molecule has 1 N–H and O–H groups in total. The van der Waals surface area contributed by atoms with Gasteiger partial charge in [-0.25, -0.2) is 0 Å². The lowest BCUT2D eigenvalue weighted by atomic mass is 10.2. The Bertz CT molecular complexity index is 289. The van der Waals surface area contributed by atoms with Gasteiger partial charge in [0.2, 0.25) is 5.89 Å². The van der Waals surface area contributed by atoms with Gasteiger partial charge in [-0.3, -0.25) is 0 Å². The van der Waals surface area contributed by atoms with Crippen molar-refractivity contribution < 1.29 is 9.63 Å². The average molecular weight is 244 g/mol. The van der Waals surface area contributed by atoms with Crippen LogP contribution in [0.2, 0.25) is 0 Å². The zero-order valence-corrected chi connectivity index (χ0v) is 10.8. The summed E-state index contributed by atoms with van der Waals surface area (Å²) in [5.74, 6) is 4.11. The van der Waals surface area contributed by atoms with E-state index in [0.29, 0.717) is 11.8 Å². The highest BCUT2D eigenvalue weighted by molar-refractivity contribution is 7.98. The first-order chi connectivity index (χ1) is 7.72. The number of aliphatic hydroxyl groups is 1. The smallest absolute Gasteiger partial charge is 0.226 e. The summed E-state index contributed by atoms with van der Waals surface area (Å²) in [6, 6.07) is 0. The highest BCUT2D eigenvalue weighted by Gasteiger charge is 2.06. The monoisotopic (exact) mass is 244 g/mol. The molecule has 0 amide bonds. The van der Waals surface area contributed by atoms with Crippen LogP contribution < -0.4 is 0 Å². The molecule has 1 aromatic rings. The third-order valence-electron chi connectivity index (χ3n) is 1.99. The van der Waals surface area contributed by atoms with Crippen LogP contribution in [0.4, 0.5) is 0 Å². The summed E-state index contributed by atoms with van der Waals surface area (Å²) in [5.41, 5.74) is 0. The molecule has 0 bridgehead atoms. The molecule has 0 atom stereocenters. The van der Waals surface area contributed by atoms with E-state index in [2.05, 4.69) is 24.0 Å². The summed E-state index contributed by atoms with van der Waals surface area (Å²) in [4.78, 5) is 4.30. The van der Waals surface area contributed by atoms with Crippen molar-refractivity contribution in [2.45, 2.75) is 38.9 Å². The summed E-state index contributed by atoms with van der Waals surface area (Å²) >= 11 is 1.83. The van der Waals surface area contributed by atoms with Crippen LogP contribution in [0.3, 0.4) is 0 Å². The molecule has 0 aromatic carbocycles. The van der Waals surface area contributed by atoms with Crippen molar-refractivity contribution >= 4 is 11.8 Å². The van der Waals surface area contributed by atoms with Crippen molar-refractivity contribution in [1.29, 1.82) is 0 Å². The minimum absolute atomic E-state index is 0.227. The number of rotatable bonds is 8. The Morgan fingerprint density at radius 3 is 2.88 bits per heavy atom. The van der Waals surface area contributed by atoms with Gasteiger partial charge in [0, 0.05) is 13.0 Å². The zero-order chi connectivity index (χ0) is 11.8.